The predicted octanol–water partition coefficient (Wildman–Crippen LogP) is -5.71. The molecular formula is C21H38NO17PS. The van der Waals surface area contributed by atoms with Crippen molar-refractivity contribution in [3.63, 3.8) is 0 Å². The van der Waals surface area contributed by atoms with Crippen molar-refractivity contribution in [3.8, 4) is 0 Å². The summed E-state index contributed by atoms with van der Waals surface area (Å²) in [5, 5.41) is 82.9. The summed E-state index contributed by atoms with van der Waals surface area (Å²) in [5.74, 6) is 0.556. The molecule has 0 amide bonds. The lowest BCUT2D eigenvalue weighted by Crippen LogP contribution is -2.69. The van der Waals surface area contributed by atoms with Gasteiger partial charge in [0.15, 0.2) is 12.6 Å². The highest BCUT2D eigenvalue weighted by atomic mass is 32.1. The first kappa shape index (κ1) is 33.8. The van der Waals surface area contributed by atoms with E-state index in [1.807, 2.05) is 0 Å². The van der Waals surface area contributed by atoms with Crippen molar-refractivity contribution in [1.29, 1.82) is 0 Å². The third-order valence-electron chi connectivity index (χ3n) is 7.41. The van der Waals surface area contributed by atoms with Crippen LogP contribution in [-0.4, -0.2) is 169 Å². The first-order valence-corrected chi connectivity index (χ1v) is 15.1. The van der Waals surface area contributed by atoms with Crippen molar-refractivity contribution >= 4 is 20.5 Å². The molecule has 0 aromatic heterocycles. The van der Waals surface area contributed by atoms with Gasteiger partial charge < -0.3 is 75.2 Å². The molecule has 4 rings (SSSR count). The number of phosphoric acid groups is 1. The number of hydrogen-bond donors (Lipinski definition) is 11. The Balaban J connectivity index is 1.45. The van der Waals surface area contributed by atoms with Crippen LogP contribution in [0.25, 0.3) is 0 Å². The minimum Gasteiger partial charge on any atom is -0.394 e. The maximum Gasteiger partial charge on any atom is 0.473 e. The zero-order valence-corrected chi connectivity index (χ0v) is 23.3. The molecule has 4 fully saturated rings. The number of aliphatic hydroxyl groups excluding tert-OH is 8. The standard InChI is InChI=1S/C21H38NO17PS/c22-8-10(25)16(36-21-15(30)11(26)9(24)7(35-21)5-33-2-1-3-41)6(4-23)34-20(8)37-17-13(28)12(27)14(29)18-19(17)39-40(31,32)38-18/h6-21,23-30,41H,1-5,22H2,(H,31,32)/t6-,7-,8-,9-,10-,11+,12+,13+,14-,15+,16-,17-,18-,19+,20-,21-/m1/s1. The summed E-state index contributed by atoms with van der Waals surface area (Å²) in [6, 6.07) is -1.49. The Morgan fingerprint density at radius 3 is 2.02 bits per heavy atom. The minimum absolute atomic E-state index is 0.167. The molecule has 4 aliphatic rings. The first-order valence-electron chi connectivity index (χ1n) is 12.9. The molecule has 11 N–H and O–H groups in total. The summed E-state index contributed by atoms with van der Waals surface area (Å²) >= 11 is 4.07. The fraction of sp³-hybridized carbons (Fsp3) is 1.00. The smallest absolute Gasteiger partial charge is 0.394 e. The van der Waals surface area contributed by atoms with Crippen molar-refractivity contribution in [1.82, 2.24) is 0 Å². The average molecular weight is 640 g/mol. The third kappa shape index (κ3) is 7.09. The molecule has 0 radical (unpaired) electrons. The van der Waals surface area contributed by atoms with E-state index < -0.39 is 112 Å². The van der Waals surface area contributed by atoms with Gasteiger partial charge in [-0.1, -0.05) is 0 Å². The normalized spacial score (nSPS) is 52.4. The van der Waals surface area contributed by atoms with E-state index >= 15 is 0 Å². The zero-order valence-electron chi connectivity index (χ0n) is 21.5. The lowest BCUT2D eigenvalue weighted by molar-refractivity contribution is -0.356. The summed E-state index contributed by atoms with van der Waals surface area (Å²) in [7, 11) is -4.67. The molecule has 3 aliphatic heterocycles. The maximum atomic E-state index is 12.0. The number of fused-ring (bicyclic) bond motifs is 1. The van der Waals surface area contributed by atoms with Gasteiger partial charge in [-0.05, 0) is 12.2 Å². The Kier molecular flexibility index (Phi) is 11.5. The Morgan fingerprint density at radius 1 is 0.756 bits per heavy atom. The molecule has 1 unspecified atom stereocenters. The molecule has 3 heterocycles. The fourth-order valence-electron chi connectivity index (χ4n) is 5.12. The molecule has 1 saturated carbocycles. The average Bonchev–Trinajstić information content (AvgIpc) is 3.27. The number of nitrogens with two attached hydrogens (primary N) is 1. The second-order valence-electron chi connectivity index (χ2n) is 10.2. The Bertz CT molecular complexity index is 908. The molecule has 0 bridgehead atoms. The summed E-state index contributed by atoms with van der Waals surface area (Å²) in [4.78, 5) is 9.71. The van der Waals surface area contributed by atoms with Crippen LogP contribution in [-0.2, 0) is 37.3 Å². The van der Waals surface area contributed by atoms with E-state index in [0.29, 0.717) is 18.8 Å². The van der Waals surface area contributed by atoms with Gasteiger partial charge in [0.25, 0.3) is 0 Å². The molecule has 0 aromatic carbocycles. The van der Waals surface area contributed by atoms with Gasteiger partial charge in [-0.25, -0.2) is 4.57 Å². The second kappa shape index (κ2) is 13.9. The van der Waals surface area contributed by atoms with Crippen LogP contribution in [0.2, 0.25) is 0 Å². The molecular weight excluding hydrogens is 601 g/mol. The monoisotopic (exact) mass is 639 g/mol. The van der Waals surface area contributed by atoms with E-state index in [1.165, 1.54) is 0 Å². The highest BCUT2D eigenvalue weighted by Crippen LogP contribution is 2.56. The molecule has 1 aliphatic carbocycles. The van der Waals surface area contributed by atoms with E-state index in [0.717, 1.165) is 0 Å². The van der Waals surface area contributed by atoms with Crippen molar-refractivity contribution in [2.45, 2.75) is 104 Å². The number of aliphatic hydroxyl groups is 8. The van der Waals surface area contributed by atoms with Crippen molar-refractivity contribution in [2.24, 2.45) is 5.73 Å². The van der Waals surface area contributed by atoms with Gasteiger partial charge in [0.1, 0.15) is 79.4 Å². The fourth-order valence-corrected chi connectivity index (χ4v) is 6.40. The number of hydrogen-bond acceptors (Lipinski definition) is 18. The van der Waals surface area contributed by atoms with Crippen molar-refractivity contribution in [2.75, 3.05) is 25.6 Å². The number of phosphoric ester groups is 1. The molecule has 240 valence electrons. The molecule has 17 atom stereocenters. The molecule has 18 nitrogen and oxygen atoms in total. The molecule has 3 saturated heterocycles. The summed E-state index contributed by atoms with van der Waals surface area (Å²) in [5.41, 5.74) is 6.11. The van der Waals surface area contributed by atoms with Gasteiger partial charge in [-0.2, -0.15) is 12.6 Å². The Hall–Kier alpha value is -0.100. The summed E-state index contributed by atoms with van der Waals surface area (Å²) < 4.78 is 49.6. The highest BCUT2D eigenvalue weighted by Gasteiger charge is 2.61. The SMILES string of the molecule is N[C@H]1[C@@H](O[C@@H]2[C@@H](O)[C@H](O)[C@@H](O)[C@H]3OP(=O)(O)O[C@H]32)O[C@H](CO)[C@@H](O[C@H]2O[C@H](COCCCS)[C@@H](O)[C@H](O)[C@@H]2O)[C@@H]1O. The minimum atomic E-state index is -4.67. The van der Waals surface area contributed by atoms with Crippen LogP contribution >= 0.6 is 20.5 Å². The first-order chi connectivity index (χ1) is 19.3. The van der Waals surface area contributed by atoms with Crippen LogP contribution in [0.3, 0.4) is 0 Å². The summed E-state index contributed by atoms with van der Waals surface area (Å²) in [6.07, 6.45) is -23.8. The quantitative estimate of drug-likeness (QED) is 0.0603. The van der Waals surface area contributed by atoms with E-state index in [9.17, 15) is 50.3 Å². The maximum absolute atomic E-state index is 12.0. The topological polar surface area (TPSA) is 290 Å². The third-order valence-corrected chi connectivity index (χ3v) is 8.75. The highest BCUT2D eigenvalue weighted by molar-refractivity contribution is 7.80. The Morgan fingerprint density at radius 2 is 1.37 bits per heavy atom. The predicted molar refractivity (Wildman–Crippen MR) is 133 cm³/mol. The Labute approximate surface area is 239 Å². The van der Waals surface area contributed by atoms with Crippen LogP contribution in [0.4, 0.5) is 0 Å². The lowest BCUT2D eigenvalue weighted by Gasteiger charge is -2.48. The number of thiol groups is 1. The van der Waals surface area contributed by atoms with Crippen molar-refractivity contribution in [3.05, 3.63) is 0 Å². The lowest BCUT2D eigenvalue weighted by atomic mass is 9.84. The van der Waals surface area contributed by atoms with Crippen LogP contribution in [0, 0.1) is 0 Å². The number of rotatable bonds is 10. The van der Waals surface area contributed by atoms with Gasteiger partial charge in [-0.3, -0.25) is 9.05 Å². The van der Waals surface area contributed by atoms with Crippen LogP contribution in [0.5, 0.6) is 0 Å². The molecule has 41 heavy (non-hydrogen) atoms. The van der Waals surface area contributed by atoms with Crippen molar-refractivity contribution < 1.29 is 83.0 Å². The second-order valence-corrected chi connectivity index (χ2v) is 12.0. The molecule has 20 heteroatoms. The van der Waals surface area contributed by atoms with E-state index in [-0.39, 0.29) is 6.61 Å². The van der Waals surface area contributed by atoms with Gasteiger partial charge >= 0.3 is 7.82 Å². The largest absolute Gasteiger partial charge is 0.473 e. The molecule has 0 spiro atoms. The van der Waals surface area contributed by atoms with Gasteiger partial charge in [0.2, 0.25) is 0 Å². The van der Waals surface area contributed by atoms with Crippen LogP contribution < -0.4 is 5.73 Å². The van der Waals surface area contributed by atoms with Crippen LogP contribution in [0.1, 0.15) is 6.42 Å². The van der Waals surface area contributed by atoms with Crippen LogP contribution in [0.15, 0.2) is 0 Å². The van der Waals surface area contributed by atoms with E-state index in [2.05, 4.69) is 12.6 Å². The van der Waals surface area contributed by atoms with Gasteiger partial charge in [0, 0.05) is 6.61 Å². The van der Waals surface area contributed by atoms with Gasteiger partial charge in [0.05, 0.1) is 19.3 Å². The molecule has 0 aromatic rings. The van der Waals surface area contributed by atoms with E-state index in [4.69, 9.17) is 38.5 Å². The zero-order chi connectivity index (χ0) is 30.2. The number of ether oxygens (including phenoxy) is 5. The van der Waals surface area contributed by atoms with Gasteiger partial charge in [-0.15, -0.1) is 0 Å². The summed E-state index contributed by atoms with van der Waals surface area (Å²) in [6.45, 7) is -0.677. The van der Waals surface area contributed by atoms with E-state index in [1.54, 1.807) is 0 Å².